The summed E-state index contributed by atoms with van der Waals surface area (Å²) in [6, 6.07) is 1.15. The quantitative estimate of drug-likeness (QED) is 0.733. The highest BCUT2D eigenvalue weighted by atomic mass is 19.4. The Morgan fingerprint density at radius 2 is 1.89 bits per heavy atom. The summed E-state index contributed by atoms with van der Waals surface area (Å²) in [4.78, 5) is 18.1. The van der Waals surface area contributed by atoms with Gasteiger partial charge in [0.15, 0.2) is 5.65 Å². The van der Waals surface area contributed by atoms with Gasteiger partial charge >= 0.3 is 6.18 Å². The molecule has 4 heterocycles. The van der Waals surface area contributed by atoms with Crippen LogP contribution in [0.4, 0.5) is 24.8 Å². The fourth-order valence-corrected chi connectivity index (χ4v) is 3.36. The van der Waals surface area contributed by atoms with Crippen molar-refractivity contribution in [3.05, 3.63) is 30.1 Å². The highest BCUT2D eigenvalue weighted by Gasteiger charge is 2.33. The van der Waals surface area contributed by atoms with Gasteiger partial charge in [-0.05, 0) is 19.8 Å². The maximum absolute atomic E-state index is 12.9. The molecule has 148 valence electrons. The highest BCUT2D eigenvalue weighted by molar-refractivity contribution is 5.86. The normalized spacial score (nSPS) is 16.0. The van der Waals surface area contributed by atoms with E-state index in [0.717, 1.165) is 42.1 Å². The van der Waals surface area contributed by atoms with Crippen LogP contribution >= 0.6 is 0 Å². The first-order valence-corrected chi connectivity index (χ1v) is 8.88. The van der Waals surface area contributed by atoms with Crippen molar-refractivity contribution in [2.75, 3.05) is 23.3 Å². The molecule has 0 unspecified atom stereocenters. The third-order valence-corrected chi connectivity index (χ3v) is 4.81. The van der Waals surface area contributed by atoms with E-state index in [1.54, 1.807) is 10.9 Å². The Morgan fingerprint density at radius 3 is 2.61 bits per heavy atom. The van der Waals surface area contributed by atoms with Gasteiger partial charge in [0.2, 0.25) is 0 Å². The Hall–Kier alpha value is -2.98. The predicted octanol–water partition coefficient (Wildman–Crippen LogP) is 2.56. The summed E-state index contributed by atoms with van der Waals surface area (Å²) < 4.78 is 40.3. The van der Waals surface area contributed by atoms with Crippen molar-refractivity contribution in [1.82, 2.24) is 29.7 Å². The first kappa shape index (κ1) is 18.4. The molecule has 28 heavy (non-hydrogen) atoms. The van der Waals surface area contributed by atoms with Crippen molar-refractivity contribution in [1.29, 1.82) is 0 Å². The van der Waals surface area contributed by atoms with Crippen molar-refractivity contribution >= 4 is 22.7 Å². The second kappa shape index (κ2) is 6.88. The summed E-state index contributed by atoms with van der Waals surface area (Å²) in [5.41, 5.74) is -0.165. The van der Waals surface area contributed by atoms with E-state index in [1.807, 2.05) is 18.9 Å². The average Bonchev–Trinajstić information content (AvgIpc) is 3.03. The number of rotatable bonds is 3. The first-order chi connectivity index (χ1) is 13.3. The third kappa shape index (κ3) is 3.56. The fourth-order valence-electron chi connectivity index (χ4n) is 3.36. The molecule has 1 aliphatic heterocycles. The zero-order valence-electron chi connectivity index (χ0n) is 15.4. The molecule has 3 aromatic rings. The molecule has 0 atom stereocenters. The van der Waals surface area contributed by atoms with Gasteiger partial charge in [-0.1, -0.05) is 0 Å². The molecule has 11 heteroatoms. The second-order valence-electron chi connectivity index (χ2n) is 6.79. The highest BCUT2D eigenvalue weighted by Crippen LogP contribution is 2.30. The Kier molecular flexibility index (Phi) is 4.52. The molecular weight excluding hydrogens is 373 g/mol. The molecule has 0 aromatic carbocycles. The molecule has 0 bridgehead atoms. The molecule has 0 spiro atoms. The van der Waals surface area contributed by atoms with E-state index in [9.17, 15) is 13.2 Å². The van der Waals surface area contributed by atoms with E-state index >= 15 is 0 Å². The van der Waals surface area contributed by atoms with Gasteiger partial charge in [-0.2, -0.15) is 18.3 Å². The van der Waals surface area contributed by atoms with Crippen LogP contribution in [-0.4, -0.2) is 48.8 Å². The SMILES string of the molecule is Cc1nc(NC2CCN(c3cc(C(F)(F)F)ncn3)CC2)c2cnn(C)c2n1. The van der Waals surface area contributed by atoms with Gasteiger partial charge < -0.3 is 10.2 Å². The van der Waals surface area contributed by atoms with Crippen molar-refractivity contribution < 1.29 is 13.2 Å². The second-order valence-corrected chi connectivity index (χ2v) is 6.79. The van der Waals surface area contributed by atoms with Crippen molar-refractivity contribution in [3.63, 3.8) is 0 Å². The number of nitrogens with zero attached hydrogens (tertiary/aromatic N) is 7. The molecule has 1 N–H and O–H groups in total. The molecule has 0 aliphatic carbocycles. The molecule has 1 fully saturated rings. The molecular formula is C17H19F3N8. The number of hydrogen-bond acceptors (Lipinski definition) is 7. The fraction of sp³-hybridized carbons (Fsp3) is 0.471. The number of aryl methyl sites for hydroxylation is 2. The number of piperidine rings is 1. The van der Waals surface area contributed by atoms with Gasteiger partial charge in [-0.3, -0.25) is 4.68 Å². The molecule has 0 saturated carbocycles. The standard InChI is InChI=1S/C17H19F3N8/c1-10-24-15(12-8-23-27(2)16(12)25-10)26-11-3-5-28(6-4-11)14-7-13(17(18,19)20)21-9-22-14/h7-9,11H,3-6H2,1-2H3,(H,24,25,26). The Morgan fingerprint density at radius 1 is 1.14 bits per heavy atom. The number of aromatic nitrogens is 6. The Balaban J connectivity index is 1.46. The number of alkyl halides is 3. The van der Waals surface area contributed by atoms with Crippen molar-refractivity contribution in [2.45, 2.75) is 32.0 Å². The van der Waals surface area contributed by atoms with E-state index in [2.05, 4.69) is 30.4 Å². The number of anilines is 2. The predicted molar refractivity (Wildman–Crippen MR) is 96.9 cm³/mol. The minimum Gasteiger partial charge on any atom is -0.366 e. The van der Waals surface area contributed by atoms with Crippen LogP contribution in [0, 0.1) is 6.92 Å². The minimum absolute atomic E-state index is 0.151. The van der Waals surface area contributed by atoms with E-state index < -0.39 is 11.9 Å². The van der Waals surface area contributed by atoms with Gasteiger partial charge in [-0.15, -0.1) is 0 Å². The summed E-state index contributed by atoms with van der Waals surface area (Å²) in [5.74, 6) is 1.68. The van der Waals surface area contributed by atoms with Crippen LogP contribution in [0.5, 0.6) is 0 Å². The zero-order chi connectivity index (χ0) is 19.9. The Labute approximate surface area is 158 Å². The van der Waals surface area contributed by atoms with Crippen LogP contribution in [0.25, 0.3) is 11.0 Å². The monoisotopic (exact) mass is 392 g/mol. The molecule has 0 amide bonds. The van der Waals surface area contributed by atoms with Gasteiger partial charge in [-0.25, -0.2) is 19.9 Å². The van der Waals surface area contributed by atoms with Crippen molar-refractivity contribution in [3.8, 4) is 0 Å². The lowest BCUT2D eigenvalue weighted by atomic mass is 10.0. The molecule has 8 nitrogen and oxygen atoms in total. The zero-order valence-corrected chi connectivity index (χ0v) is 15.4. The van der Waals surface area contributed by atoms with Gasteiger partial charge in [0, 0.05) is 32.2 Å². The maximum Gasteiger partial charge on any atom is 0.433 e. The lowest BCUT2D eigenvalue weighted by Gasteiger charge is -2.33. The topological polar surface area (TPSA) is 84.7 Å². The van der Waals surface area contributed by atoms with Crippen LogP contribution < -0.4 is 10.2 Å². The van der Waals surface area contributed by atoms with E-state index in [0.29, 0.717) is 24.7 Å². The van der Waals surface area contributed by atoms with Gasteiger partial charge in [0.05, 0.1) is 11.6 Å². The summed E-state index contributed by atoms with van der Waals surface area (Å²) in [5, 5.41) is 8.52. The first-order valence-electron chi connectivity index (χ1n) is 8.88. The third-order valence-electron chi connectivity index (χ3n) is 4.81. The van der Waals surface area contributed by atoms with Crippen LogP contribution in [0.3, 0.4) is 0 Å². The Bertz CT molecular complexity index is 992. The summed E-state index contributed by atoms with van der Waals surface area (Å²) in [7, 11) is 1.83. The molecule has 0 radical (unpaired) electrons. The van der Waals surface area contributed by atoms with E-state index in [-0.39, 0.29) is 6.04 Å². The number of nitrogens with one attached hydrogen (secondary N) is 1. The van der Waals surface area contributed by atoms with E-state index in [1.165, 1.54) is 0 Å². The summed E-state index contributed by atoms with van der Waals surface area (Å²) in [6.45, 7) is 3.01. The summed E-state index contributed by atoms with van der Waals surface area (Å²) >= 11 is 0. The van der Waals surface area contributed by atoms with E-state index in [4.69, 9.17) is 0 Å². The van der Waals surface area contributed by atoms with Crippen LogP contribution in [0.1, 0.15) is 24.4 Å². The number of hydrogen-bond donors (Lipinski definition) is 1. The van der Waals surface area contributed by atoms with Gasteiger partial charge in [0.1, 0.15) is 29.5 Å². The molecule has 1 saturated heterocycles. The average molecular weight is 392 g/mol. The van der Waals surface area contributed by atoms with Crippen LogP contribution in [-0.2, 0) is 13.2 Å². The minimum atomic E-state index is -4.47. The summed E-state index contributed by atoms with van der Waals surface area (Å²) in [6.07, 6.45) is -0.291. The smallest absolute Gasteiger partial charge is 0.366 e. The molecule has 1 aliphatic rings. The van der Waals surface area contributed by atoms with Gasteiger partial charge in [0.25, 0.3) is 0 Å². The lowest BCUT2D eigenvalue weighted by molar-refractivity contribution is -0.141. The van der Waals surface area contributed by atoms with Crippen LogP contribution in [0.2, 0.25) is 0 Å². The molecule has 3 aromatic heterocycles. The molecule has 4 rings (SSSR count). The van der Waals surface area contributed by atoms with Crippen LogP contribution in [0.15, 0.2) is 18.6 Å². The van der Waals surface area contributed by atoms with Crippen molar-refractivity contribution in [2.24, 2.45) is 7.05 Å². The lowest BCUT2D eigenvalue weighted by Crippen LogP contribution is -2.39. The number of fused-ring (bicyclic) bond motifs is 1. The number of halogens is 3. The largest absolute Gasteiger partial charge is 0.433 e. The maximum atomic E-state index is 12.9.